The van der Waals surface area contributed by atoms with Crippen LogP contribution >= 0.6 is 12.6 Å². The zero-order chi connectivity index (χ0) is 34.5. The van der Waals surface area contributed by atoms with Gasteiger partial charge in [-0.15, -0.1) is 0 Å². The Morgan fingerprint density at radius 1 is 0.644 bits per heavy atom. The Hall–Kier alpha value is -4.17. The normalized spacial score (nSPS) is 14.0. The molecule has 4 amide bonds. The molecule has 19 nitrogen and oxygen atoms in total. The predicted octanol–water partition coefficient (Wildman–Crippen LogP) is -3.82. The fourth-order valence-electron chi connectivity index (χ4n) is 3.76. The molecule has 0 aromatic rings. The third-order valence-electron chi connectivity index (χ3n) is 6.24. The minimum absolute atomic E-state index is 0.0323. The molecule has 0 aliphatic heterocycles. The second-order valence-corrected chi connectivity index (χ2v) is 10.3. The lowest BCUT2D eigenvalue weighted by Crippen LogP contribution is -2.59. The molecular weight excluding hydrogens is 618 g/mol. The summed E-state index contributed by atoms with van der Waals surface area (Å²) in [6, 6.07) is -6.70. The summed E-state index contributed by atoms with van der Waals surface area (Å²) in [4.78, 5) is 89.2. The summed E-state index contributed by atoms with van der Waals surface area (Å²) in [5.74, 6) is -7.80. The Bertz CT molecular complexity index is 1060. The van der Waals surface area contributed by atoms with Crippen molar-refractivity contribution < 1.29 is 48.9 Å². The van der Waals surface area contributed by atoms with Crippen molar-refractivity contribution in [3.63, 3.8) is 0 Å². The maximum Gasteiger partial charge on any atom is 0.326 e. The fourth-order valence-corrected chi connectivity index (χ4v) is 4.02. The molecule has 256 valence electrons. The van der Waals surface area contributed by atoms with E-state index in [0.29, 0.717) is 12.8 Å². The highest BCUT2D eigenvalue weighted by Crippen LogP contribution is 2.07. The van der Waals surface area contributed by atoms with E-state index in [-0.39, 0.29) is 50.5 Å². The van der Waals surface area contributed by atoms with Crippen LogP contribution in [0, 0.1) is 0 Å². The van der Waals surface area contributed by atoms with Gasteiger partial charge in [0.05, 0.1) is 6.04 Å². The summed E-state index contributed by atoms with van der Waals surface area (Å²) in [5.41, 5.74) is 21.7. The number of nitrogens with one attached hydrogen (secondary N) is 4. The number of carboxylic acid groups (broad SMARTS) is 3. The first kappa shape index (κ1) is 40.8. The van der Waals surface area contributed by atoms with Crippen molar-refractivity contribution in [1.82, 2.24) is 21.3 Å². The lowest BCUT2D eigenvalue weighted by Gasteiger charge is -2.26. The zero-order valence-electron chi connectivity index (χ0n) is 24.8. The van der Waals surface area contributed by atoms with Gasteiger partial charge < -0.3 is 59.5 Å². The van der Waals surface area contributed by atoms with E-state index < -0.39 is 91.0 Å². The van der Waals surface area contributed by atoms with Crippen LogP contribution in [0.25, 0.3) is 0 Å². The lowest BCUT2D eigenvalue weighted by molar-refractivity contribution is -0.142. The number of rotatable bonds is 24. The van der Waals surface area contributed by atoms with Crippen LogP contribution in [-0.2, 0) is 33.6 Å². The topological polar surface area (TPSA) is 345 Å². The first-order valence-corrected chi connectivity index (χ1v) is 14.8. The molecule has 5 unspecified atom stereocenters. The van der Waals surface area contributed by atoms with Gasteiger partial charge in [0.2, 0.25) is 23.6 Å². The van der Waals surface area contributed by atoms with Gasteiger partial charge in [0.15, 0.2) is 5.96 Å². The van der Waals surface area contributed by atoms with Gasteiger partial charge in [-0.1, -0.05) is 0 Å². The highest BCUT2D eigenvalue weighted by Gasteiger charge is 2.31. The summed E-state index contributed by atoms with van der Waals surface area (Å²) in [6.45, 7) is 0.393. The molecule has 0 aliphatic rings. The highest BCUT2D eigenvalue weighted by molar-refractivity contribution is 7.80. The third kappa shape index (κ3) is 18.3. The van der Waals surface area contributed by atoms with Crippen molar-refractivity contribution in [3.8, 4) is 0 Å². The van der Waals surface area contributed by atoms with E-state index in [1.807, 2.05) is 0 Å². The molecule has 0 aliphatic carbocycles. The number of aliphatic imine (C=N–C) groups is 1. The molecule has 0 spiro atoms. The standard InChI is InChI=1S/C25H45N9O10S/c26-10-2-1-4-14(21(40)33-16(24(43)44)5-3-11-30-25(28)29)31-22(41)15(7-9-19(37)38)32-23(42)17(12-45)34-20(39)13(27)6-8-18(35)36/h13-17,45H,1-12,26-27H2,(H,31,41)(H,32,42)(H,33,40)(H,34,39)(H,35,36)(H,37,38)(H,43,44)(H4,28,29,30). The van der Waals surface area contributed by atoms with E-state index in [2.05, 4.69) is 38.9 Å². The average molecular weight is 664 g/mol. The number of unbranched alkanes of at least 4 members (excludes halogenated alkanes) is 1. The van der Waals surface area contributed by atoms with Crippen molar-refractivity contribution in [2.75, 3.05) is 18.8 Å². The molecule has 0 bridgehead atoms. The molecule has 0 saturated heterocycles. The molecule has 0 heterocycles. The van der Waals surface area contributed by atoms with Gasteiger partial charge in [0, 0.05) is 25.1 Å². The molecule has 5 atom stereocenters. The summed E-state index contributed by atoms with van der Waals surface area (Å²) >= 11 is 4.02. The van der Waals surface area contributed by atoms with E-state index in [1.165, 1.54) is 0 Å². The number of hydrogen-bond donors (Lipinski definition) is 12. The molecule has 0 aromatic heterocycles. The number of thiol groups is 1. The molecule has 0 fully saturated rings. The predicted molar refractivity (Wildman–Crippen MR) is 164 cm³/mol. The van der Waals surface area contributed by atoms with Crippen LogP contribution in [0.15, 0.2) is 4.99 Å². The number of amides is 4. The third-order valence-corrected chi connectivity index (χ3v) is 6.61. The smallest absolute Gasteiger partial charge is 0.326 e. The first-order chi connectivity index (χ1) is 21.1. The number of nitrogens with zero attached hydrogens (tertiary/aromatic N) is 1. The van der Waals surface area contributed by atoms with E-state index in [4.69, 9.17) is 33.1 Å². The van der Waals surface area contributed by atoms with Gasteiger partial charge in [-0.05, 0) is 51.5 Å². The molecular formula is C25H45N9O10S. The molecule has 0 radical (unpaired) electrons. The summed E-state index contributed by atoms with van der Waals surface area (Å²) in [5, 5.41) is 37.0. The van der Waals surface area contributed by atoms with Crippen molar-refractivity contribution in [2.24, 2.45) is 27.9 Å². The second kappa shape index (κ2) is 22.4. The number of aliphatic carboxylic acids is 3. The van der Waals surface area contributed by atoms with Crippen LogP contribution in [0.2, 0.25) is 0 Å². The van der Waals surface area contributed by atoms with Crippen molar-refractivity contribution in [1.29, 1.82) is 0 Å². The monoisotopic (exact) mass is 663 g/mol. The quantitative estimate of drug-likeness (QED) is 0.0204. The highest BCUT2D eigenvalue weighted by atomic mass is 32.1. The summed E-state index contributed by atoms with van der Waals surface area (Å²) in [6.07, 6.45) is -0.511. The minimum atomic E-state index is -1.49. The van der Waals surface area contributed by atoms with E-state index >= 15 is 0 Å². The summed E-state index contributed by atoms with van der Waals surface area (Å²) < 4.78 is 0. The van der Waals surface area contributed by atoms with Crippen LogP contribution in [0.3, 0.4) is 0 Å². The Kier molecular flexibility index (Phi) is 20.3. The fraction of sp³-hybridized carbons (Fsp3) is 0.680. The number of carbonyl (C=O) groups is 7. The van der Waals surface area contributed by atoms with Gasteiger partial charge in [-0.3, -0.25) is 33.8 Å². The van der Waals surface area contributed by atoms with Crippen LogP contribution < -0.4 is 44.2 Å². The lowest BCUT2D eigenvalue weighted by atomic mass is 10.0. The molecule has 45 heavy (non-hydrogen) atoms. The van der Waals surface area contributed by atoms with Crippen LogP contribution in [0.5, 0.6) is 0 Å². The van der Waals surface area contributed by atoms with Crippen LogP contribution in [0.4, 0.5) is 0 Å². The van der Waals surface area contributed by atoms with Crippen molar-refractivity contribution >= 4 is 60.1 Å². The van der Waals surface area contributed by atoms with Gasteiger partial charge in [-0.25, -0.2) is 4.79 Å². The molecule has 0 saturated carbocycles. The first-order valence-electron chi connectivity index (χ1n) is 14.1. The van der Waals surface area contributed by atoms with Crippen molar-refractivity contribution in [3.05, 3.63) is 0 Å². The largest absolute Gasteiger partial charge is 0.481 e. The molecule has 0 aromatic carbocycles. The minimum Gasteiger partial charge on any atom is -0.481 e. The van der Waals surface area contributed by atoms with E-state index in [1.54, 1.807) is 0 Å². The Balaban J connectivity index is 5.76. The van der Waals surface area contributed by atoms with Gasteiger partial charge in [0.25, 0.3) is 0 Å². The van der Waals surface area contributed by atoms with Crippen molar-refractivity contribution in [2.45, 2.75) is 88.0 Å². The molecule has 0 rings (SSSR count). The number of hydrogen-bond acceptors (Lipinski definition) is 11. The van der Waals surface area contributed by atoms with E-state index in [9.17, 15) is 38.7 Å². The summed E-state index contributed by atoms with van der Waals surface area (Å²) in [7, 11) is 0. The van der Waals surface area contributed by atoms with Crippen LogP contribution in [-0.4, -0.2) is 112 Å². The molecule has 20 heteroatoms. The number of carboxylic acids is 3. The van der Waals surface area contributed by atoms with Gasteiger partial charge >= 0.3 is 17.9 Å². The molecule has 15 N–H and O–H groups in total. The van der Waals surface area contributed by atoms with Gasteiger partial charge in [-0.2, -0.15) is 12.6 Å². The van der Waals surface area contributed by atoms with E-state index in [0.717, 1.165) is 0 Å². The maximum atomic E-state index is 13.3. The second-order valence-electron chi connectivity index (χ2n) is 9.97. The SMILES string of the molecule is NCCCCC(NC(=O)C(CCC(=O)O)NC(=O)C(CS)NC(=O)C(N)CCC(=O)O)C(=O)NC(CCCN=C(N)N)C(=O)O. The number of carbonyl (C=O) groups excluding carboxylic acids is 4. The van der Waals surface area contributed by atoms with Gasteiger partial charge in [0.1, 0.15) is 24.2 Å². The number of guanidine groups is 1. The van der Waals surface area contributed by atoms with Crippen LogP contribution in [0.1, 0.15) is 57.8 Å². The Morgan fingerprint density at radius 3 is 1.60 bits per heavy atom. The Labute approximate surface area is 265 Å². The number of nitrogens with two attached hydrogens (primary N) is 4. The maximum absolute atomic E-state index is 13.3. The zero-order valence-corrected chi connectivity index (χ0v) is 25.7. The Morgan fingerprint density at radius 2 is 1.11 bits per heavy atom. The average Bonchev–Trinajstić information content (AvgIpc) is 2.96.